The van der Waals surface area contributed by atoms with Gasteiger partial charge in [0.15, 0.2) is 0 Å². The van der Waals surface area contributed by atoms with E-state index in [0.29, 0.717) is 18.5 Å². The highest BCUT2D eigenvalue weighted by Gasteiger charge is 2.19. The normalized spacial score (nSPS) is 11.3. The van der Waals surface area contributed by atoms with Crippen LogP contribution in [0.15, 0.2) is 24.3 Å². The molecule has 0 aliphatic heterocycles. The van der Waals surface area contributed by atoms with Crippen molar-refractivity contribution in [3.63, 3.8) is 0 Å². The van der Waals surface area contributed by atoms with Gasteiger partial charge in [0.25, 0.3) is 0 Å². The third-order valence-electron chi connectivity index (χ3n) is 2.63. The molecule has 0 saturated heterocycles. The molecule has 0 fully saturated rings. The molecule has 0 aromatic heterocycles. The number of carbonyl (C=O) groups is 1. The van der Waals surface area contributed by atoms with Crippen LogP contribution in [0.2, 0.25) is 0 Å². The second-order valence-electron chi connectivity index (χ2n) is 4.91. The Balaban J connectivity index is 2.47. The van der Waals surface area contributed by atoms with Gasteiger partial charge >= 0.3 is 0 Å². The summed E-state index contributed by atoms with van der Waals surface area (Å²) in [5.74, 6) is -0.408. The quantitative estimate of drug-likeness (QED) is 0.822. The lowest BCUT2D eigenvalue weighted by Crippen LogP contribution is -2.32. The average Bonchev–Trinajstić information content (AvgIpc) is 2.27. The van der Waals surface area contributed by atoms with Crippen molar-refractivity contribution in [3.8, 4) is 0 Å². The molecular formula is C13H19FN2O. The number of nitrogens with one attached hydrogen (secondary N) is 1. The fraction of sp³-hybridized carbons (Fsp3) is 0.462. The molecule has 1 aromatic rings. The predicted octanol–water partition coefficient (Wildman–Crippen LogP) is 1.82. The van der Waals surface area contributed by atoms with Gasteiger partial charge in [-0.1, -0.05) is 32.0 Å². The second kappa shape index (κ2) is 5.77. The monoisotopic (exact) mass is 238 g/mol. The van der Waals surface area contributed by atoms with Gasteiger partial charge in [-0.05, 0) is 18.0 Å². The first-order chi connectivity index (χ1) is 7.94. The molecule has 0 saturated carbocycles. The van der Waals surface area contributed by atoms with Gasteiger partial charge in [0.05, 0.1) is 0 Å². The van der Waals surface area contributed by atoms with Crippen LogP contribution in [0.5, 0.6) is 0 Å². The standard InChI is InChI=1S/C13H19FN2O/c1-13(2,9-15)7-12(17)16-8-10-5-3-4-6-11(10)14/h3-6H,7-9,15H2,1-2H3,(H,16,17). The summed E-state index contributed by atoms with van der Waals surface area (Å²) in [5, 5.41) is 2.70. The lowest BCUT2D eigenvalue weighted by Gasteiger charge is -2.21. The van der Waals surface area contributed by atoms with E-state index in [2.05, 4.69) is 5.32 Å². The Morgan fingerprint density at radius 1 is 1.41 bits per heavy atom. The summed E-state index contributed by atoms with van der Waals surface area (Å²) in [6, 6.07) is 6.40. The van der Waals surface area contributed by atoms with E-state index in [9.17, 15) is 9.18 Å². The van der Waals surface area contributed by atoms with Crippen molar-refractivity contribution in [2.24, 2.45) is 11.1 Å². The Bertz CT molecular complexity index is 391. The van der Waals surface area contributed by atoms with E-state index in [0.717, 1.165) is 0 Å². The third-order valence-corrected chi connectivity index (χ3v) is 2.63. The zero-order valence-electron chi connectivity index (χ0n) is 10.3. The fourth-order valence-electron chi connectivity index (χ4n) is 1.40. The van der Waals surface area contributed by atoms with Gasteiger partial charge in [0, 0.05) is 18.5 Å². The third kappa shape index (κ3) is 4.53. The van der Waals surface area contributed by atoms with Crippen LogP contribution in [-0.2, 0) is 11.3 Å². The first kappa shape index (κ1) is 13.6. The zero-order valence-corrected chi connectivity index (χ0v) is 10.3. The summed E-state index contributed by atoms with van der Waals surface area (Å²) < 4.78 is 13.3. The van der Waals surface area contributed by atoms with Crippen LogP contribution in [-0.4, -0.2) is 12.5 Å². The van der Waals surface area contributed by atoms with Crippen LogP contribution in [0.1, 0.15) is 25.8 Å². The van der Waals surface area contributed by atoms with Crippen molar-refractivity contribution in [1.82, 2.24) is 5.32 Å². The molecular weight excluding hydrogens is 219 g/mol. The Kier molecular flexibility index (Phi) is 4.63. The summed E-state index contributed by atoms with van der Waals surface area (Å²) in [5.41, 5.74) is 5.82. The maximum atomic E-state index is 13.3. The number of amides is 1. The van der Waals surface area contributed by atoms with Gasteiger partial charge in [-0.15, -0.1) is 0 Å². The topological polar surface area (TPSA) is 55.1 Å². The number of benzene rings is 1. The van der Waals surface area contributed by atoms with E-state index in [1.165, 1.54) is 6.07 Å². The minimum atomic E-state index is -0.300. The van der Waals surface area contributed by atoms with Crippen LogP contribution >= 0.6 is 0 Å². The number of rotatable bonds is 5. The maximum Gasteiger partial charge on any atom is 0.220 e. The molecule has 4 heteroatoms. The summed E-state index contributed by atoms with van der Waals surface area (Å²) in [6.07, 6.45) is 0.345. The molecule has 1 rings (SSSR count). The van der Waals surface area contributed by atoms with Crippen molar-refractivity contribution >= 4 is 5.91 Å². The lowest BCUT2D eigenvalue weighted by molar-refractivity contribution is -0.123. The molecule has 1 amide bonds. The van der Waals surface area contributed by atoms with Crippen molar-refractivity contribution in [3.05, 3.63) is 35.6 Å². The molecule has 0 heterocycles. The van der Waals surface area contributed by atoms with Crippen molar-refractivity contribution in [2.45, 2.75) is 26.8 Å². The summed E-state index contributed by atoms with van der Waals surface area (Å²) >= 11 is 0. The van der Waals surface area contributed by atoms with Gasteiger partial charge in [-0.25, -0.2) is 4.39 Å². The van der Waals surface area contributed by atoms with E-state index in [4.69, 9.17) is 5.73 Å². The number of nitrogens with two attached hydrogens (primary N) is 1. The summed E-state index contributed by atoms with van der Waals surface area (Å²) in [7, 11) is 0. The van der Waals surface area contributed by atoms with Gasteiger partial charge in [-0.3, -0.25) is 4.79 Å². The molecule has 0 unspecified atom stereocenters. The molecule has 0 spiro atoms. The zero-order chi connectivity index (χ0) is 12.9. The van der Waals surface area contributed by atoms with Crippen LogP contribution in [0, 0.1) is 11.2 Å². The number of hydrogen-bond donors (Lipinski definition) is 2. The van der Waals surface area contributed by atoms with E-state index in [-0.39, 0.29) is 23.7 Å². The van der Waals surface area contributed by atoms with Crippen LogP contribution < -0.4 is 11.1 Å². The van der Waals surface area contributed by atoms with Crippen molar-refractivity contribution in [2.75, 3.05) is 6.54 Å². The minimum Gasteiger partial charge on any atom is -0.352 e. The first-order valence-electron chi connectivity index (χ1n) is 5.65. The second-order valence-corrected chi connectivity index (χ2v) is 4.91. The molecule has 0 radical (unpaired) electrons. The Morgan fingerprint density at radius 3 is 2.65 bits per heavy atom. The largest absolute Gasteiger partial charge is 0.352 e. The minimum absolute atomic E-state index is 0.108. The summed E-state index contributed by atoms with van der Waals surface area (Å²) in [4.78, 5) is 11.6. The molecule has 1 aromatic carbocycles. The number of hydrogen-bond acceptors (Lipinski definition) is 2. The first-order valence-corrected chi connectivity index (χ1v) is 5.65. The van der Waals surface area contributed by atoms with Crippen LogP contribution in [0.4, 0.5) is 4.39 Å². The average molecular weight is 238 g/mol. The SMILES string of the molecule is CC(C)(CN)CC(=O)NCc1ccccc1F. The molecule has 0 aliphatic rings. The predicted molar refractivity (Wildman–Crippen MR) is 65.7 cm³/mol. The maximum absolute atomic E-state index is 13.3. The van der Waals surface area contributed by atoms with Crippen molar-refractivity contribution < 1.29 is 9.18 Å². The Morgan fingerprint density at radius 2 is 2.06 bits per heavy atom. The van der Waals surface area contributed by atoms with Gasteiger partial charge in [0.2, 0.25) is 5.91 Å². The highest BCUT2D eigenvalue weighted by atomic mass is 19.1. The van der Waals surface area contributed by atoms with E-state index in [1.807, 2.05) is 13.8 Å². The Labute approximate surface area is 101 Å². The lowest BCUT2D eigenvalue weighted by atomic mass is 9.89. The fourth-order valence-corrected chi connectivity index (χ4v) is 1.40. The van der Waals surface area contributed by atoms with Crippen molar-refractivity contribution in [1.29, 1.82) is 0 Å². The highest BCUT2D eigenvalue weighted by molar-refractivity contribution is 5.76. The smallest absolute Gasteiger partial charge is 0.220 e. The number of halogens is 1. The molecule has 0 atom stereocenters. The van der Waals surface area contributed by atoms with Crippen LogP contribution in [0.25, 0.3) is 0 Å². The molecule has 0 aliphatic carbocycles. The summed E-state index contributed by atoms with van der Waals surface area (Å²) in [6.45, 7) is 4.51. The van der Waals surface area contributed by atoms with Gasteiger partial charge < -0.3 is 11.1 Å². The van der Waals surface area contributed by atoms with Gasteiger partial charge in [0.1, 0.15) is 5.82 Å². The Hall–Kier alpha value is -1.42. The van der Waals surface area contributed by atoms with Crippen LogP contribution in [0.3, 0.4) is 0 Å². The highest BCUT2D eigenvalue weighted by Crippen LogP contribution is 2.17. The molecule has 94 valence electrons. The number of carbonyl (C=O) groups excluding carboxylic acids is 1. The molecule has 3 N–H and O–H groups in total. The van der Waals surface area contributed by atoms with E-state index in [1.54, 1.807) is 18.2 Å². The molecule has 17 heavy (non-hydrogen) atoms. The van der Waals surface area contributed by atoms with E-state index < -0.39 is 0 Å². The van der Waals surface area contributed by atoms with Gasteiger partial charge in [-0.2, -0.15) is 0 Å². The van der Waals surface area contributed by atoms with E-state index >= 15 is 0 Å². The molecule has 0 bridgehead atoms. The molecule has 3 nitrogen and oxygen atoms in total.